The lowest BCUT2D eigenvalue weighted by atomic mass is 10.3. The molecule has 0 bridgehead atoms. The van der Waals surface area contributed by atoms with Gasteiger partial charge in [0, 0.05) is 33.2 Å². The van der Waals surface area contributed by atoms with Gasteiger partial charge in [-0.3, -0.25) is 14.2 Å². The molecule has 0 saturated carbocycles. The molecule has 29 heavy (non-hydrogen) atoms. The van der Waals surface area contributed by atoms with Crippen LogP contribution in [0.3, 0.4) is 0 Å². The number of nitrogens with zero attached hydrogens (tertiary/aromatic N) is 7. The van der Waals surface area contributed by atoms with Gasteiger partial charge < -0.3 is 14.3 Å². The highest BCUT2D eigenvalue weighted by Gasteiger charge is 2.27. The molecule has 0 aliphatic carbocycles. The predicted octanol–water partition coefficient (Wildman–Crippen LogP) is -0.631. The van der Waals surface area contributed by atoms with Crippen LogP contribution in [0.25, 0.3) is 17.2 Å². The molecule has 3 heterocycles. The summed E-state index contributed by atoms with van der Waals surface area (Å²) >= 11 is 0. The van der Waals surface area contributed by atoms with E-state index in [9.17, 15) is 14.4 Å². The van der Waals surface area contributed by atoms with Gasteiger partial charge in [-0.25, -0.2) is 4.79 Å². The molecular formula is C18H19N7O4. The van der Waals surface area contributed by atoms with Crippen molar-refractivity contribution in [2.75, 3.05) is 33.2 Å². The number of likely N-dealkylation sites (N-methyl/N-ethyl adjacent to an activating group) is 1. The zero-order valence-corrected chi connectivity index (χ0v) is 16.0. The molecule has 0 atom stereocenters. The van der Waals surface area contributed by atoms with Crippen LogP contribution in [0.4, 0.5) is 0 Å². The largest absolute Gasteiger partial charge is 0.351 e. The number of hydrogen-bond donors (Lipinski definition) is 0. The van der Waals surface area contributed by atoms with E-state index in [1.165, 1.54) is 7.05 Å². The third-order valence-corrected chi connectivity index (χ3v) is 4.79. The zero-order chi connectivity index (χ0) is 20.5. The Kier molecular flexibility index (Phi) is 4.80. The smallest absolute Gasteiger partial charge is 0.332 e. The first-order valence-corrected chi connectivity index (χ1v) is 9.03. The molecule has 1 aliphatic rings. The number of piperazine rings is 1. The van der Waals surface area contributed by atoms with Crippen LogP contribution in [0.2, 0.25) is 0 Å². The fraction of sp³-hybridized carbons (Fsp3) is 0.333. The lowest BCUT2D eigenvalue weighted by molar-refractivity contribution is 0.0615. The van der Waals surface area contributed by atoms with Gasteiger partial charge in [-0.2, -0.15) is 14.8 Å². The summed E-state index contributed by atoms with van der Waals surface area (Å²) in [5, 5.41) is 7.87. The van der Waals surface area contributed by atoms with Gasteiger partial charge in [0.1, 0.15) is 0 Å². The number of amides is 1. The summed E-state index contributed by atoms with van der Waals surface area (Å²) in [4.78, 5) is 45.4. The van der Waals surface area contributed by atoms with Crippen LogP contribution in [-0.4, -0.2) is 73.4 Å². The van der Waals surface area contributed by atoms with Gasteiger partial charge in [0.05, 0.1) is 5.69 Å². The second kappa shape index (κ2) is 7.43. The van der Waals surface area contributed by atoms with Gasteiger partial charge >= 0.3 is 17.5 Å². The molecule has 11 heteroatoms. The van der Waals surface area contributed by atoms with Gasteiger partial charge in [-0.1, -0.05) is 23.4 Å². The SMILES string of the molecule is CN1CCN(C(=O)c2nc(-c3nn(-c4ccccc4)c(=O)n(C)c3=O)no2)CC1. The number of rotatable bonds is 3. The van der Waals surface area contributed by atoms with E-state index in [0.29, 0.717) is 18.8 Å². The van der Waals surface area contributed by atoms with Crippen LogP contribution < -0.4 is 11.2 Å². The first-order valence-electron chi connectivity index (χ1n) is 9.03. The molecule has 1 aromatic carbocycles. The Morgan fingerprint density at radius 2 is 1.72 bits per heavy atom. The maximum Gasteiger partial charge on any atom is 0.351 e. The minimum absolute atomic E-state index is 0.146. The summed E-state index contributed by atoms with van der Waals surface area (Å²) in [6.45, 7) is 2.59. The topological polar surface area (TPSA) is 119 Å². The van der Waals surface area contributed by atoms with Crippen molar-refractivity contribution < 1.29 is 9.32 Å². The molecule has 3 aromatic rings. The summed E-state index contributed by atoms with van der Waals surface area (Å²) in [6.07, 6.45) is 0. The molecule has 150 valence electrons. The Labute approximate surface area is 164 Å². The van der Waals surface area contributed by atoms with Crippen LogP contribution >= 0.6 is 0 Å². The molecule has 0 spiro atoms. The first-order chi connectivity index (χ1) is 14.0. The number of benzene rings is 1. The maximum absolute atomic E-state index is 12.6. The van der Waals surface area contributed by atoms with Crippen molar-refractivity contribution >= 4 is 5.91 Å². The summed E-state index contributed by atoms with van der Waals surface area (Å²) in [5.74, 6) is -0.760. The second-order valence-corrected chi connectivity index (χ2v) is 6.76. The van der Waals surface area contributed by atoms with E-state index in [-0.39, 0.29) is 17.4 Å². The van der Waals surface area contributed by atoms with Crippen LogP contribution in [0.15, 0.2) is 44.4 Å². The summed E-state index contributed by atoms with van der Waals surface area (Å²) in [7, 11) is 3.32. The first kappa shape index (κ1) is 18.7. The van der Waals surface area contributed by atoms with Gasteiger partial charge in [-0.05, 0) is 19.2 Å². The molecule has 2 aromatic heterocycles. The minimum atomic E-state index is -0.679. The number of aromatic nitrogens is 5. The predicted molar refractivity (Wildman–Crippen MR) is 102 cm³/mol. The molecule has 1 amide bonds. The van der Waals surface area contributed by atoms with Crippen molar-refractivity contribution in [2.45, 2.75) is 0 Å². The number of carbonyl (C=O) groups excluding carboxylic acids is 1. The zero-order valence-electron chi connectivity index (χ0n) is 16.0. The van der Waals surface area contributed by atoms with Crippen molar-refractivity contribution in [1.29, 1.82) is 0 Å². The molecule has 11 nitrogen and oxygen atoms in total. The van der Waals surface area contributed by atoms with Crippen molar-refractivity contribution in [3.05, 3.63) is 57.1 Å². The van der Waals surface area contributed by atoms with Crippen LogP contribution in [0.1, 0.15) is 10.7 Å². The Morgan fingerprint density at radius 3 is 2.41 bits per heavy atom. The van der Waals surface area contributed by atoms with E-state index in [4.69, 9.17) is 4.52 Å². The fourth-order valence-corrected chi connectivity index (χ4v) is 3.00. The fourth-order valence-electron chi connectivity index (χ4n) is 3.00. The molecule has 0 unspecified atom stereocenters. The van der Waals surface area contributed by atoms with Crippen LogP contribution in [0, 0.1) is 0 Å². The van der Waals surface area contributed by atoms with Gasteiger partial charge in [0.25, 0.3) is 5.56 Å². The third-order valence-electron chi connectivity index (χ3n) is 4.79. The molecule has 0 radical (unpaired) electrons. The van der Waals surface area contributed by atoms with Crippen molar-refractivity contribution in [1.82, 2.24) is 34.3 Å². The molecule has 1 aliphatic heterocycles. The average Bonchev–Trinajstić information content (AvgIpc) is 3.23. The highest BCUT2D eigenvalue weighted by molar-refractivity contribution is 5.90. The van der Waals surface area contributed by atoms with Gasteiger partial charge in [-0.15, -0.1) is 0 Å². The van der Waals surface area contributed by atoms with Crippen LogP contribution in [0.5, 0.6) is 0 Å². The highest BCUT2D eigenvalue weighted by Crippen LogP contribution is 2.12. The molecule has 0 N–H and O–H groups in total. The number of hydrogen-bond acceptors (Lipinski definition) is 8. The van der Waals surface area contributed by atoms with E-state index in [1.807, 2.05) is 7.05 Å². The van der Waals surface area contributed by atoms with Gasteiger partial charge in [0.2, 0.25) is 5.82 Å². The quantitative estimate of drug-likeness (QED) is 0.573. The van der Waals surface area contributed by atoms with Crippen molar-refractivity contribution in [2.24, 2.45) is 7.05 Å². The van der Waals surface area contributed by atoms with Gasteiger partial charge in [0.15, 0.2) is 5.69 Å². The second-order valence-electron chi connectivity index (χ2n) is 6.76. The highest BCUT2D eigenvalue weighted by atomic mass is 16.5. The van der Waals surface area contributed by atoms with E-state index >= 15 is 0 Å². The van der Waals surface area contributed by atoms with E-state index in [1.54, 1.807) is 35.2 Å². The van der Waals surface area contributed by atoms with E-state index < -0.39 is 17.2 Å². The number of carbonyl (C=O) groups is 1. The van der Waals surface area contributed by atoms with E-state index in [2.05, 4.69) is 20.1 Å². The lowest BCUT2D eigenvalue weighted by Crippen LogP contribution is -2.47. The summed E-state index contributed by atoms with van der Waals surface area (Å²) in [6, 6.07) is 8.65. The maximum atomic E-state index is 12.6. The molecular weight excluding hydrogens is 378 g/mol. The molecule has 4 rings (SSSR count). The number of para-hydroxylation sites is 1. The molecule has 1 fully saturated rings. The normalized spacial score (nSPS) is 14.9. The molecule has 1 saturated heterocycles. The Bertz CT molecular complexity index is 1160. The van der Waals surface area contributed by atoms with Crippen molar-refractivity contribution in [3.63, 3.8) is 0 Å². The van der Waals surface area contributed by atoms with E-state index in [0.717, 1.165) is 22.3 Å². The van der Waals surface area contributed by atoms with Crippen LogP contribution in [-0.2, 0) is 7.05 Å². The lowest BCUT2D eigenvalue weighted by Gasteiger charge is -2.31. The average molecular weight is 397 g/mol. The standard InChI is InChI=1S/C18H19N7O4/c1-22-8-10-24(11-9-22)17(27)15-19-14(21-29-15)13-16(26)23(2)18(28)25(20-13)12-6-4-3-5-7-12/h3-7H,8-11H2,1-2H3. The third kappa shape index (κ3) is 3.47. The Hall–Kier alpha value is -3.60. The monoisotopic (exact) mass is 397 g/mol. The summed E-state index contributed by atoms with van der Waals surface area (Å²) < 4.78 is 7.08. The van der Waals surface area contributed by atoms with Crippen molar-refractivity contribution in [3.8, 4) is 17.2 Å². The Morgan fingerprint density at radius 1 is 1.03 bits per heavy atom. The Balaban J connectivity index is 1.71. The summed E-state index contributed by atoms with van der Waals surface area (Å²) in [5.41, 5.74) is -0.993. The minimum Gasteiger partial charge on any atom is -0.332 e.